The Bertz CT molecular complexity index is 268. The van der Waals surface area contributed by atoms with Gasteiger partial charge in [-0.15, -0.1) is 0 Å². The van der Waals surface area contributed by atoms with E-state index in [0.29, 0.717) is 6.42 Å². The third kappa shape index (κ3) is 8.57. The van der Waals surface area contributed by atoms with E-state index < -0.39 is 32.6 Å². The molecule has 9 heteroatoms. The van der Waals surface area contributed by atoms with Crippen molar-refractivity contribution >= 4 is 7.60 Å². The van der Waals surface area contributed by atoms with Crippen LogP contribution in [0.2, 0.25) is 0 Å². The van der Waals surface area contributed by atoms with Gasteiger partial charge in [0, 0.05) is 13.1 Å². The van der Waals surface area contributed by atoms with Gasteiger partial charge in [0.2, 0.25) is 0 Å². The number of aliphatic hydroxyl groups is 1. The molecular weight excluding hydrogens is 262 g/mol. The molecule has 0 aliphatic carbocycles. The van der Waals surface area contributed by atoms with Crippen LogP contribution in [0.5, 0.6) is 0 Å². The number of alkyl halides is 3. The van der Waals surface area contributed by atoms with E-state index in [1.54, 1.807) is 6.92 Å². The predicted molar refractivity (Wildman–Crippen MR) is 55.5 cm³/mol. The second-order valence-corrected chi connectivity index (χ2v) is 5.51. The molecule has 1 unspecified atom stereocenters. The van der Waals surface area contributed by atoms with Crippen LogP contribution in [-0.2, 0) is 4.57 Å². The molecule has 0 rings (SSSR count). The molecule has 0 fully saturated rings. The van der Waals surface area contributed by atoms with Crippen molar-refractivity contribution in [2.24, 2.45) is 0 Å². The van der Waals surface area contributed by atoms with Crippen molar-refractivity contribution in [3.8, 4) is 0 Å². The van der Waals surface area contributed by atoms with Crippen molar-refractivity contribution in [3.63, 3.8) is 0 Å². The minimum Gasteiger partial charge on any atom is -0.379 e. The molecule has 0 aromatic rings. The van der Waals surface area contributed by atoms with Crippen LogP contribution in [0.4, 0.5) is 13.2 Å². The first-order valence-electron chi connectivity index (χ1n) is 5.08. The van der Waals surface area contributed by atoms with Crippen molar-refractivity contribution in [3.05, 3.63) is 0 Å². The molecule has 1 atom stereocenters. The van der Waals surface area contributed by atoms with Crippen molar-refractivity contribution in [2.75, 3.05) is 19.6 Å². The standard InChI is InChI=1S/C8H17F3NO4P/c1-2-4-12(5-3-8(9,10)11)6-7(13)17(14,15)16/h7,13H,2-6H2,1H3,(H2,14,15,16). The smallest absolute Gasteiger partial charge is 0.379 e. The molecule has 17 heavy (non-hydrogen) atoms. The molecule has 104 valence electrons. The van der Waals surface area contributed by atoms with Crippen molar-refractivity contribution in [2.45, 2.75) is 31.8 Å². The van der Waals surface area contributed by atoms with Crippen LogP contribution in [0, 0.1) is 0 Å². The highest BCUT2D eigenvalue weighted by Gasteiger charge is 2.31. The highest BCUT2D eigenvalue weighted by Crippen LogP contribution is 2.39. The molecule has 0 saturated heterocycles. The van der Waals surface area contributed by atoms with Crippen LogP contribution >= 0.6 is 7.60 Å². The summed E-state index contributed by atoms with van der Waals surface area (Å²) in [6.07, 6.45) is -4.86. The summed E-state index contributed by atoms with van der Waals surface area (Å²) in [6.45, 7) is 1.13. The molecule has 0 aliphatic rings. The lowest BCUT2D eigenvalue weighted by Crippen LogP contribution is -2.35. The number of nitrogens with zero attached hydrogens (tertiary/aromatic N) is 1. The second kappa shape index (κ2) is 6.70. The third-order valence-electron chi connectivity index (χ3n) is 2.06. The maximum Gasteiger partial charge on any atom is 0.390 e. The molecule has 0 aromatic heterocycles. The van der Waals surface area contributed by atoms with Crippen LogP contribution < -0.4 is 0 Å². The lowest BCUT2D eigenvalue weighted by Gasteiger charge is -2.25. The zero-order chi connectivity index (χ0) is 13.7. The first kappa shape index (κ1) is 16.9. The summed E-state index contributed by atoms with van der Waals surface area (Å²) < 4.78 is 46.6. The van der Waals surface area contributed by atoms with Gasteiger partial charge in [0.1, 0.15) is 0 Å². The van der Waals surface area contributed by atoms with Crippen LogP contribution in [0.25, 0.3) is 0 Å². The Hall–Kier alpha value is -0.140. The Morgan fingerprint density at radius 3 is 2.18 bits per heavy atom. The number of hydrogen-bond donors (Lipinski definition) is 3. The summed E-state index contributed by atoms with van der Waals surface area (Å²) in [5.74, 6) is -1.94. The fourth-order valence-electron chi connectivity index (χ4n) is 1.23. The summed E-state index contributed by atoms with van der Waals surface area (Å²) in [5.41, 5.74) is 0. The molecule has 0 bridgehead atoms. The van der Waals surface area contributed by atoms with Gasteiger partial charge in [0.25, 0.3) is 0 Å². The average Bonchev–Trinajstić information content (AvgIpc) is 2.11. The minimum absolute atomic E-state index is 0.243. The Balaban J connectivity index is 4.29. The Morgan fingerprint density at radius 1 is 1.29 bits per heavy atom. The topological polar surface area (TPSA) is 81.0 Å². The number of hydrogen-bond acceptors (Lipinski definition) is 3. The van der Waals surface area contributed by atoms with E-state index in [9.17, 15) is 17.7 Å². The zero-order valence-electron chi connectivity index (χ0n) is 9.39. The third-order valence-corrected chi connectivity index (χ3v) is 3.00. The van der Waals surface area contributed by atoms with Gasteiger partial charge in [-0.05, 0) is 13.0 Å². The van der Waals surface area contributed by atoms with Gasteiger partial charge in [-0.3, -0.25) is 9.46 Å². The minimum atomic E-state index is -4.67. The molecule has 0 aromatic carbocycles. The predicted octanol–water partition coefficient (Wildman–Crippen LogP) is 1.15. The van der Waals surface area contributed by atoms with Gasteiger partial charge in [0.05, 0.1) is 6.42 Å². The van der Waals surface area contributed by atoms with Gasteiger partial charge >= 0.3 is 13.8 Å². The maximum absolute atomic E-state index is 12.0. The monoisotopic (exact) mass is 279 g/mol. The van der Waals surface area contributed by atoms with E-state index in [2.05, 4.69) is 0 Å². The van der Waals surface area contributed by atoms with E-state index in [1.165, 1.54) is 4.90 Å². The molecular formula is C8H17F3NO4P. The summed E-state index contributed by atoms with van der Waals surface area (Å²) in [7, 11) is -4.67. The molecule has 5 nitrogen and oxygen atoms in total. The molecule has 0 amide bonds. The summed E-state index contributed by atoms with van der Waals surface area (Å²) in [4.78, 5) is 18.5. The lowest BCUT2D eigenvalue weighted by atomic mass is 10.3. The zero-order valence-corrected chi connectivity index (χ0v) is 10.3. The van der Waals surface area contributed by atoms with E-state index in [4.69, 9.17) is 14.9 Å². The quantitative estimate of drug-likeness (QED) is 0.609. The SMILES string of the molecule is CCCN(CCC(F)(F)F)CC(O)P(=O)(O)O. The fraction of sp³-hybridized carbons (Fsp3) is 1.00. The van der Waals surface area contributed by atoms with Gasteiger partial charge < -0.3 is 14.9 Å². The van der Waals surface area contributed by atoms with Crippen LogP contribution in [-0.4, -0.2) is 51.4 Å². The molecule has 3 N–H and O–H groups in total. The first-order chi connectivity index (χ1) is 7.56. The average molecular weight is 279 g/mol. The van der Waals surface area contributed by atoms with Crippen molar-refractivity contribution in [1.29, 1.82) is 0 Å². The van der Waals surface area contributed by atoms with E-state index in [1.807, 2.05) is 0 Å². The van der Waals surface area contributed by atoms with E-state index >= 15 is 0 Å². The summed E-state index contributed by atoms with van der Waals surface area (Å²) in [5, 5.41) is 9.13. The van der Waals surface area contributed by atoms with Crippen LogP contribution in [0.1, 0.15) is 19.8 Å². The van der Waals surface area contributed by atoms with Crippen LogP contribution in [0.15, 0.2) is 0 Å². The van der Waals surface area contributed by atoms with Crippen molar-refractivity contribution < 1.29 is 32.6 Å². The molecule has 0 heterocycles. The normalized spacial score (nSPS) is 15.3. The van der Waals surface area contributed by atoms with Gasteiger partial charge in [-0.2, -0.15) is 13.2 Å². The van der Waals surface area contributed by atoms with Gasteiger partial charge in [-0.1, -0.05) is 6.92 Å². The molecule has 0 aliphatic heterocycles. The van der Waals surface area contributed by atoms with Gasteiger partial charge in [-0.25, -0.2) is 0 Å². The second-order valence-electron chi connectivity index (χ2n) is 3.74. The highest BCUT2D eigenvalue weighted by molar-refractivity contribution is 7.52. The molecule has 0 radical (unpaired) electrons. The Kier molecular flexibility index (Phi) is 6.65. The Labute approximate surface area is 97.4 Å². The highest BCUT2D eigenvalue weighted by atomic mass is 31.2. The van der Waals surface area contributed by atoms with Crippen LogP contribution in [0.3, 0.4) is 0 Å². The lowest BCUT2D eigenvalue weighted by molar-refractivity contribution is -0.138. The van der Waals surface area contributed by atoms with E-state index in [0.717, 1.165) is 0 Å². The first-order valence-corrected chi connectivity index (χ1v) is 6.77. The largest absolute Gasteiger partial charge is 0.390 e. The molecule has 0 saturated carbocycles. The number of halogens is 3. The summed E-state index contributed by atoms with van der Waals surface area (Å²) in [6, 6.07) is 0. The van der Waals surface area contributed by atoms with Crippen molar-refractivity contribution in [1.82, 2.24) is 4.90 Å². The van der Waals surface area contributed by atoms with E-state index in [-0.39, 0.29) is 13.1 Å². The number of aliphatic hydroxyl groups excluding tert-OH is 1. The Morgan fingerprint density at radius 2 is 1.82 bits per heavy atom. The molecule has 0 spiro atoms. The maximum atomic E-state index is 12.0. The summed E-state index contributed by atoms with van der Waals surface area (Å²) >= 11 is 0. The van der Waals surface area contributed by atoms with Gasteiger partial charge in [0.15, 0.2) is 5.85 Å². The fourth-order valence-corrected chi connectivity index (χ4v) is 1.68. The number of rotatable bonds is 7.